The third kappa shape index (κ3) is 7.93. The van der Waals surface area contributed by atoms with E-state index >= 15 is 0 Å². The van der Waals surface area contributed by atoms with E-state index in [4.69, 9.17) is 0 Å². The molecular weight excluding hydrogens is 439 g/mol. The van der Waals surface area contributed by atoms with E-state index in [1.165, 1.54) is 38.5 Å². The Labute approximate surface area is 174 Å². The van der Waals surface area contributed by atoms with Crippen LogP contribution in [0.25, 0.3) is 0 Å². The van der Waals surface area contributed by atoms with E-state index in [0.29, 0.717) is 12.1 Å². The van der Waals surface area contributed by atoms with Crippen molar-refractivity contribution in [3.05, 3.63) is 35.4 Å². The van der Waals surface area contributed by atoms with Crippen molar-refractivity contribution >= 4 is 35.8 Å². The van der Waals surface area contributed by atoms with Gasteiger partial charge in [-0.05, 0) is 43.4 Å². The number of hydrogen-bond donors (Lipinski definition) is 3. The molecule has 5 nitrogen and oxygen atoms in total. The quantitative estimate of drug-likeness (QED) is 0.234. The molecule has 2 rings (SSSR count). The van der Waals surface area contributed by atoms with Crippen LogP contribution in [0.2, 0.25) is 0 Å². The molecule has 0 saturated heterocycles. The van der Waals surface area contributed by atoms with E-state index in [9.17, 15) is 4.79 Å². The summed E-state index contributed by atoms with van der Waals surface area (Å²) in [6, 6.07) is 7.61. The predicted octanol–water partition coefficient (Wildman–Crippen LogP) is 3.69. The summed E-state index contributed by atoms with van der Waals surface area (Å²) in [5.41, 5.74) is 1.70. The number of halogens is 1. The molecule has 0 heterocycles. The van der Waals surface area contributed by atoms with Crippen molar-refractivity contribution in [2.45, 2.75) is 52.0 Å². The van der Waals surface area contributed by atoms with Gasteiger partial charge in [-0.15, -0.1) is 24.0 Å². The zero-order valence-corrected chi connectivity index (χ0v) is 18.3. The molecule has 0 bridgehead atoms. The molecule has 26 heavy (non-hydrogen) atoms. The number of aliphatic imine (C=N–C) groups is 1. The lowest BCUT2D eigenvalue weighted by Crippen LogP contribution is -2.37. The highest BCUT2D eigenvalue weighted by Crippen LogP contribution is 2.28. The highest BCUT2D eigenvalue weighted by atomic mass is 127. The molecule has 6 heteroatoms. The van der Waals surface area contributed by atoms with Crippen LogP contribution in [0.15, 0.2) is 29.3 Å². The number of rotatable bonds is 8. The van der Waals surface area contributed by atoms with Gasteiger partial charge in [0.15, 0.2) is 5.96 Å². The minimum absolute atomic E-state index is 0. The number of nitrogens with zero attached hydrogens (tertiary/aromatic N) is 1. The van der Waals surface area contributed by atoms with Gasteiger partial charge in [-0.3, -0.25) is 4.79 Å². The summed E-state index contributed by atoms with van der Waals surface area (Å²) in [5.74, 6) is 1.72. The monoisotopic (exact) mass is 472 g/mol. The summed E-state index contributed by atoms with van der Waals surface area (Å²) < 4.78 is 0. The summed E-state index contributed by atoms with van der Waals surface area (Å²) in [6.07, 6.45) is 8.17. The molecule has 3 N–H and O–H groups in total. The van der Waals surface area contributed by atoms with Crippen molar-refractivity contribution in [1.29, 1.82) is 0 Å². The third-order valence-electron chi connectivity index (χ3n) is 4.74. The Morgan fingerprint density at radius 3 is 2.69 bits per heavy atom. The van der Waals surface area contributed by atoms with Gasteiger partial charge < -0.3 is 16.0 Å². The lowest BCUT2D eigenvalue weighted by molar-refractivity contribution is 0.0963. The number of benzene rings is 1. The molecule has 1 aromatic carbocycles. The average Bonchev–Trinajstić information content (AvgIpc) is 3.16. The highest BCUT2D eigenvalue weighted by molar-refractivity contribution is 14.0. The van der Waals surface area contributed by atoms with Crippen molar-refractivity contribution in [3.8, 4) is 0 Å². The zero-order valence-electron chi connectivity index (χ0n) is 16.0. The maximum absolute atomic E-state index is 11.7. The number of guanidine groups is 1. The van der Waals surface area contributed by atoms with Crippen LogP contribution in [0, 0.1) is 5.92 Å². The van der Waals surface area contributed by atoms with Crippen LogP contribution in [-0.4, -0.2) is 32.0 Å². The van der Waals surface area contributed by atoms with Crippen molar-refractivity contribution < 1.29 is 4.79 Å². The van der Waals surface area contributed by atoms with Gasteiger partial charge in [-0.1, -0.05) is 37.8 Å². The molecule has 1 fully saturated rings. The molecule has 0 atom stereocenters. The number of carbonyl (C=O) groups is 1. The van der Waals surface area contributed by atoms with Crippen LogP contribution in [-0.2, 0) is 6.54 Å². The summed E-state index contributed by atoms with van der Waals surface area (Å²) >= 11 is 0. The van der Waals surface area contributed by atoms with Crippen LogP contribution >= 0.6 is 24.0 Å². The van der Waals surface area contributed by atoms with E-state index in [0.717, 1.165) is 30.5 Å². The molecule has 1 aliphatic rings. The van der Waals surface area contributed by atoms with E-state index in [1.807, 2.05) is 24.3 Å². The van der Waals surface area contributed by atoms with Gasteiger partial charge in [0.25, 0.3) is 5.91 Å². The van der Waals surface area contributed by atoms with Gasteiger partial charge >= 0.3 is 0 Å². The second kappa shape index (κ2) is 12.9. The van der Waals surface area contributed by atoms with Crippen LogP contribution in [0.5, 0.6) is 0 Å². The van der Waals surface area contributed by atoms with Crippen LogP contribution in [0.4, 0.5) is 0 Å². The standard InChI is InChI=1S/C20H32N4O.HI/c1-3-22-20(23-13-7-11-16-8-4-5-9-16)24-15-17-10-6-12-18(14-17)19(25)21-2;/h6,10,12,14,16H,3-5,7-9,11,13,15H2,1-2H3,(H,21,25)(H2,22,23,24);1H. The topological polar surface area (TPSA) is 65.5 Å². The van der Waals surface area contributed by atoms with Crippen molar-refractivity contribution in [1.82, 2.24) is 16.0 Å². The van der Waals surface area contributed by atoms with Crippen molar-refractivity contribution in [2.24, 2.45) is 10.9 Å². The molecule has 0 spiro atoms. The molecule has 0 radical (unpaired) electrons. The second-order valence-electron chi connectivity index (χ2n) is 6.69. The third-order valence-corrected chi connectivity index (χ3v) is 4.74. The summed E-state index contributed by atoms with van der Waals surface area (Å²) in [5, 5.41) is 9.36. The Balaban J connectivity index is 0.00000338. The van der Waals surface area contributed by atoms with E-state index < -0.39 is 0 Å². The van der Waals surface area contributed by atoms with Crippen molar-refractivity contribution in [2.75, 3.05) is 20.1 Å². The SMILES string of the molecule is CCNC(=NCc1cccc(C(=O)NC)c1)NCCCC1CCCC1.I. The van der Waals surface area contributed by atoms with Crippen LogP contribution < -0.4 is 16.0 Å². The first-order valence-electron chi connectivity index (χ1n) is 9.56. The number of hydrogen-bond acceptors (Lipinski definition) is 2. The molecule has 1 aliphatic carbocycles. The first kappa shape index (κ1) is 22.7. The number of carbonyl (C=O) groups excluding carboxylic acids is 1. The van der Waals surface area contributed by atoms with Gasteiger partial charge in [0.05, 0.1) is 6.54 Å². The maximum atomic E-state index is 11.7. The van der Waals surface area contributed by atoms with E-state index in [2.05, 4.69) is 27.9 Å². The smallest absolute Gasteiger partial charge is 0.251 e. The Kier molecular flexibility index (Phi) is 11.3. The molecule has 0 unspecified atom stereocenters. The van der Waals surface area contributed by atoms with E-state index in [-0.39, 0.29) is 29.9 Å². The minimum Gasteiger partial charge on any atom is -0.357 e. The fourth-order valence-electron chi connectivity index (χ4n) is 3.36. The van der Waals surface area contributed by atoms with Crippen molar-refractivity contribution in [3.63, 3.8) is 0 Å². The number of nitrogens with one attached hydrogen (secondary N) is 3. The normalized spacial score (nSPS) is 14.6. The summed E-state index contributed by atoms with van der Waals surface area (Å²) in [4.78, 5) is 16.4. The van der Waals surface area contributed by atoms with Gasteiger partial charge in [-0.2, -0.15) is 0 Å². The Hall–Kier alpha value is -1.31. The fraction of sp³-hybridized carbons (Fsp3) is 0.600. The second-order valence-corrected chi connectivity index (χ2v) is 6.69. The van der Waals surface area contributed by atoms with Gasteiger partial charge in [-0.25, -0.2) is 4.99 Å². The molecular formula is C20H33IN4O. The van der Waals surface area contributed by atoms with Gasteiger partial charge in [0.2, 0.25) is 0 Å². The molecule has 0 aliphatic heterocycles. The zero-order chi connectivity index (χ0) is 17.9. The maximum Gasteiger partial charge on any atom is 0.251 e. The molecule has 1 saturated carbocycles. The Morgan fingerprint density at radius 1 is 1.23 bits per heavy atom. The van der Waals surface area contributed by atoms with E-state index in [1.54, 1.807) is 7.05 Å². The molecule has 146 valence electrons. The minimum atomic E-state index is -0.0669. The fourth-order valence-corrected chi connectivity index (χ4v) is 3.36. The first-order valence-corrected chi connectivity index (χ1v) is 9.56. The largest absolute Gasteiger partial charge is 0.357 e. The van der Waals surface area contributed by atoms with Gasteiger partial charge in [0.1, 0.15) is 0 Å². The first-order chi connectivity index (χ1) is 12.2. The predicted molar refractivity (Wildman–Crippen MR) is 119 cm³/mol. The van der Waals surface area contributed by atoms with Crippen LogP contribution in [0.1, 0.15) is 61.4 Å². The number of amides is 1. The summed E-state index contributed by atoms with van der Waals surface area (Å²) in [7, 11) is 1.64. The molecule has 1 amide bonds. The Bertz CT molecular complexity index is 571. The molecule has 1 aromatic rings. The molecule has 0 aromatic heterocycles. The average molecular weight is 472 g/mol. The van der Waals surface area contributed by atoms with Crippen LogP contribution in [0.3, 0.4) is 0 Å². The lowest BCUT2D eigenvalue weighted by Gasteiger charge is -2.13. The Morgan fingerprint density at radius 2 is 2.00 bits per heavy atom. The van der Waals surface area contributed by atoms with Gasteiger partial charge in [0, 0.05) is 25.7 Å². The summed E-state index contributed by atoms with van der Waals surface area (Å²) in [6.45, 7) is 4.43. The highest BCUT2D eigenvalue weighted by Gasteiger charge is 2.14. The lowest BCUT2D eigenvalue weighted by atomic mass is 10.0.